The van der Waals surface area contributed by atoms with Crippen molar-refractivity contribution in [3.05, 3.63) is 53.0 Å². The molecule has 1 aromatic carbocycles. The quantitative estimate of drug-likeness (QED) is 0.499. The van der Waals surface area contributed by atoms with Crippen LogP contribution in [0.15, 0.2) is 42.5 Å². The second kappa shape index (κ2) is 7.47. The second-order valence-corrected chi connectivity index (χ2v) is 11.0. The summed E-state index contributed by atoms with van der Waals surface area (Å²) in [6.45, 7) is 7.17. The topological polar surface area (TPSA) is 58.3 Å². The van der Waals surface area contributed by atoms with Crippen LogP contribution in [0, 0.1) is 17.2 Å². The molecule has 2 aliphatic rings. The first kappa shape index (κ1) is 21.2. The van der Waals surface area contributed by atoms with Crippen LogP contribution in [0.4, 0.5) is 5.69 Å². The molecule has 0 N–H and O–H groups in total. The number of rotatable bonds is 4. The fourth-order valence-corrected chi connectivity index (χ4v) is 6.48. The molecule has 2 aromatic heterocycles. The Balaban J connectivity index is 1.59. The zero-order valence-corrected chi connectivity index (χ0v) is 19.9. The Hall–Kier alpha value is -2.62. The lowest BCUT2D eigenvalue weighted by molar-refractivity contribution is -0.0588. The Labute approximate surface area is 193 Å². The SMILES string of the molecule is C[C@H]1C[C@]1(C#N)n1c(C(=O)N(C)c2ccccc2)cc2cc(C3CCOC(C)(C)C3)sc21. The number of carbonyl (C=O) groups excluding carboxylic acids is 1. The number of ether oxygens (including phenoxy) is 1. The van der Waals surface area contributed by atoms with Gasteiger partial charge in [-0.05, 0) is 69.2 Å². The second-order valence-electron chi connectivity index (χ2n) is 9.91. The molecule has 5 rings (SSSR count). The number of hydrogen-bond donors (Lipinski definition) is 0. The van der Waals surface area contributed by atoms with Crippen molar-refractivity contribution in [2.45, 2.75) is 57.1 Å². The number of hydrogen-bond acceptors (Lipinski definition) is 4. The van der Waals surface area contributed by atoms with Crippen LogP contribution in [0.3, 0.4) is 0 Å². The molecule has 2 fully saturated rings. The third-order valence-corrected chi connectivity index (χ3v) is 8.43. The first-order valence-electron chi connectivity index (χ1n) is 11.3. The zero-order chi connectivity index (χ0) is 22.7. The number of amides is 1. The first-order chi connectivity index (χ1) is 15.3. The molecule has 1 saturated heterocycles. The van der Waals surface area contributed by atoms with Gasteiger partial charge < -0.3 is 14.2 Å². The summed E-state index contributed by atoms with van der Waals surface area (Å²) < 4.78 is 7.97. The fraction of sp³-hybridized carbons (Fsp3) is 0.462. The molecular formula is C26H29N3O2S. The van der Waals surface area contributed by atoms with E-state index in [1.54, 1.807) is 23.3 Å². The lowest BCUT2D eigenvalue weighted by Crippen LogP contribution is -2.32. The predicted molar refractivity (Wildman–Crippen MR) is 128 cm³/mol. The highest BCUT2D eigenvalue weighted by atomic mass is 32.1. The van der Waals surface area contributed by atoms with Gasteiger partial charge in [-0.25, -0.2) is 0 Å². The molecule has 1 amide bonds. The number of para-hydroxylation sites is 1. The Morgan fingerprint density at radius 2 is 1.97 bits per heavy atom. The van der Waals surface area contributed by atoms with Gasteiger partial charge in [0.25, 0.3) is 5.91 Å². The summed E-state index contributed by atoms with van der Waals surface area (Å²) in [7, 11) is 1.80. The maximum absolute atomic E-state index is 13.6. The average Bonchev–Trinajstić information content (AvgIpc) is 3.09. The highest BCUT2D eigenvalue weighted by Gasteiger charge is 2.56. The van der Waals surface area contributed by atoms with Gasteiger partial charge in [-0.3, -0.25) is 4.79 Å². The molecule has 1 aliphatic heterocycles. The molecule has 1 saturated carbocycles. The maximum Gasteiger partial charge on any atom is 0.274 e. The van der Waals surface area contributed by atoms with Crippen molar-refractivity contribution < 1.29 is 9.53 Å². The van der Waals surface area contributed by atoms with Crippen molar-refractivity contribution in [3.8, 4) is 6.07 Å². The minimum absolute atomic E-state index is 0.0814. The van der Waals surface area contributed by atoms with E-state index in [0.29, 0.717) is 11.6 Å². The first-order valence-corrected chi connectivity index (χ1v) is 12.1. The molecule has 5 nitrogen and oxygen atoms in total. The lowest BCUT2D eigenvalue weighted by Gasteiger charge is -2.35. The molecular weight excluding hydrogens is 418 g/mol. The van der Waals surface area contributed by atoms with E-state index >= 15 is 0 Å². The Kier molecular flexibility index (Phi) is 4.96. The van der Waals surface area contributed by atoms with Crippen LogP contribution in [0.25, 0.3) is 10.2 Å². The van der Waals surface area contributed by atoms with E-state index in [-0.39, 0.29) is 17.4 Å². The van der Waals surface area contributed by atoms with Crippen molar-refractivity contribution in [3.63, 3.8) is 0 Å². The number of nitriles is 1. The summed E-state index contributed by atoms with van der Waals surface area (Å²) >= 11 is 1.75. The van der Waals surface area contributed by atoms with Crippen LogP contribution < -0.4 is 4.90 Å². The number of thiophene rings is 1. The summed E-state index contributed by atoms with van der Waals surface area (Å²) in [5.41, 5.74) is 0.683. The molecule has 3 aromatic rings. The van der Waals surface area contributed by atoms with Crippen LogP contribution in [0.1, 0.15) is 61.3 Å². The minimum atomic E-state index is -0.638. The lowest BCUT2D eigenvalue weighted by atomic mass is 9.87. The number of nitrogens with zero attached hydrogens (tertiary/aromatic N) is 3. The van der Waals surface area contributed by atoms with Gasteiger partial charge >= 0.3 is 0 Å². The van der Waals surface area contributed by atoms with E-state index < -0.39 is 5.54 Å². The van der Waals surface area contributed by atoms with Crippen LogP contribution in [-0.2, 0) is 10.3 Å². The van der Waals surface area contributed by atoms with E-state index in [2.05, 4.69) is 32.9 Å². The third kappa shape index (κ3) is 3.35. The number of aromatic nitrogens is 1. The van der Waals surface area contributed by atoms with Crippen LogP contribution in [-0.4, -0.2) is 29.7 Å². The molecule has 166 valence electrons. The van der Waals surface area contributed by atoms with Crippen LogP contribution in [0.2, 0.25) is 0 Å². The summed E-state index contributed by atoms with van der Waals surface area (Å²) in [6, 6.07) is 16.4. The van der Waals surface area contributed by atoms with Crippen molar-refractivity contribution in [1.82, 2.24) is 4.57 Å². The van der Waals surface area contributed by atoms with Crippen LogP contribution in [0.5, 0.6) is 0 Å². The molecule has 6 heteroatoms. The molecule has 3 heterocycles. The van der Waals surface area contributed by atoms with Gasteiger partial charge in [0.15, 0.2) is 0 Å². The molecule has 1 unspecified atom stereocenters. The standard InChI is InChI=1S/C26H29N3O2S/c1-17-14-26(17,16-27)29-21(23(30)28(4)20-8-6-5-7-9-20)12-19-13-22(32-24(19)29)18-10-11-31-25(2,3)15-18/h5-9,12-13,17-18H,10-11,14-15H2,1-4H3/t17-,18?,26+/m0/s1. The van der Waals surface area contributed by atoms with E-state index in [9.17, 15) is 10.1 Å². The van der Waals surface area contributed by atoms with Gasteiger partial charge in [0, 0.05) is 29.6 Å². The van der Waals surface area contributed by atoms with Crippen molar-refractivity contribution in [2.75, 3.05) is 18.6 Å². The number of fused-ring (bicyclic) bond motifs is 1. The number of carbonyl (C=O) groups is 1. The highest BCUT2D eigenvalue weighted by molar-refractivity contribution is 7.18. The predicted octanol–water partition coefficient (Wildman–Crippen LogP) is 5.91. The van der Waals surface area contributed by atoms with Crippen molar-refractivity contribution in [2.24, 2.45) is 5.92 Å². The molecule has 3 atom stereocenters. The molecule has 0 radical (unpaired) electrons. The zero-order valence-electron chi connectivity index (χ0n) is 19.1. The van der Waals surface area contributed by atoms with Gasteiger partial charge in [-0.1, -0.05) is 25.1 Å². The maximum atomic E-state index is 13.6. The smallest absolute Gasteiger partial charge is 0.274 e. The molecule has 0 spiro atoms. The van der Waals surface area contributed by atoms with E-state index in [1.807, 2.05) is 41.0 Å². The molecule has 0 bridgehead atoms. The van der Waals surface area contributed by atoms with Gasteiger partial charge in [0.2, 0.25) is 0 Å². The Bertz CT molecular complexity index is 1220. The van der Waals surface area contributed by atoms with E-state index in [1.165, 1.54) is 4.88 Å². The van der Waals surface area contributed by atoms with E-state index in [4.69, 9.17) is 4.74 Å². The Morgan fingerprint density at radius 3 is 2.59 bits per heavy atom. The molecule has 1 aliphatic carbocycles. The largest absolute Gasteiger partial charge is 0.376 e. The van der Waals surface area contributed by atoms with Gasteiger partial charge in [0.05, 0.1) is 11.7 Å². The minimum Gasteiger partial charge on any atom is -0.376 e. The van der Waals surface area contributed by atoms with E-state index in [0.717, 1.165) is 41.8 Å². The summed E-state index contributed by atoms with van der Waals surface area (Å²) in [5, 5.41) is 11.2. The summed E-state index contributed by atoms with van der Waals surface area (Å²) in [6.07, 6.45) is 2.77. The third-order valence-electron chi connectivity index (χ3n) is 7.13. The summed E-state index contributed by atoms with van der Waals surface area (Å²) in [5.74, 6) is 0.594. The van der Waals surface area contributed by atoms with Gasteiger partial charge in [-0.2, -0.15) is 5.26 Å². The fourth-order valence-electron chi connectivity index (χ4n) is 5.11. The molecule has 32 heavy (non-hydrogen) atoms. The normalized spacial score (nSPS) is 26.6. The average molecular weight is 448 g/mol. The van der Waals surface area contributed by atoms with Gasteiger partial charge in [-0.15, -0.1) is 11.3 Å². The number of anilines is 1. The highest BCUT2D eigenvalue weighted by Crippen LogP contribution is 2.53. The van der Waals surface area contributed by atoms with Crippen molar-refractivity contribution in [1.29, 1.82) is 5.26 Å². The van der Waals surface area contributed by atoms with Crippen LogP contribution >= 0.6 is 11.3 Å². The summed E-state index contributed by atoms with van der Waals surface area (Å²) in [4.78, 5) is 17.6. The van der Waals surface area contributed by atoms with Gasteiger partial charge in [0.1, 0.15) is 16.1 Å². The Morgan fingerprint density at radius 1 is 1.25 bits per heavy atom. The number of benzene rings is 1. The van der Waals surface area contributed by atoms with Crippen molar-refractivity contribution >= 4 is 33.1 Å². The monoisotopic (exact) mass is 447 g/mol.